The van der Waals surface area contributed by atoms with Crippen LogP contribution in [0.15, 0.2) is 35.7 Å². The quantitative estimate of drug-likeness (QED) is 0.898. The van der Waals surface area contributed by atoms with Gasteiger partial charge in [-0.25, -0.2) is 0 Å². The van der Waals surface area contributed by atoms with E-state index in [1.165, 1.54) is 11.3 Å². The molecule has 0 atom stereocenters. The molecule has 0 saturated heterocycles. The Labute approximate surface area is 117 Å². The summed E-state index contributed by atoms with van der Waals surface area (Å²) in [5, 5.41) is 5.49. The van der Waals surface area contributed by atoms with Crippen molar-refractivity contribution in [1.29, 1.82) is 0 Å². The van der Waals surface area contributed by atoms with Crippen LogP contribution in [0.4, 0.5) is 5.00 Å². The summed E-state index contributed by atoms with van der Waals surface area (Å²) in [6, 6.07) is 9.85. The standard InChI is InChI=1S/C15H18N2OS/c1-10(2)12-9-19-14(16)13(12)15(18)17-8-11-6-4-3-5-7-11/h3-7,9-10H,8,16H2,1-2H3,(H,17,18). The van der Waals surface area contributed by atoms with Crippen LogP contribution < -0.4 is 11.1 Å². The number of amides is 1. The highest BCUT2D eigenvalue weighted by molar-refractivity contribution is 7.14. The fourth-order valence-electron chi connectivity index (χ4n) is 1.92. The summed E-state index contributed by atoms with van der Waals surface area (Å²) in [7, 11) is 0. The molecule has 0 aliphatic heterocycles. The lowest BCUT2D eigenvalue weighted by molar-refractivity contribution is 0.0951. The van der Waals surface area contributed by atoms with E-state index < -0.39 is 0 Å². The number of nitrogens with two attached hydrogens (primary N) is 1. The zero-order valence-electron chi connectivity index (χ0n) is 11.1. The summed E-state index contributed by atoms with van der Waals surface area (Å²) in [6.45, 7) is 4.65. The first-order valence-corrected chi connectivity index (χ1v) is 7.16. The lowest BCUT2D eigenvalue weighted by Gasteiger charge is -2.09. The van der Waals surface area contributed by atoms with Crippen molar-refractivity contribution in [3.63, 3.8) is 0 Å². The number of carbonyl (C=O) groups excluding carboxylic acids is 1. The molecular formula is C15H18N2OS. The normalized spacial score (nSPS) is 10.7. The van der Waals surface area contributed by atoms with Crippen molar-refractivity contribution in [2.75, 3.05) is 5.73 Å². The summed E-state index contributed by atoms with van der Waals surface area (Å²) in [5.41, 5.74) is 8.64. The molecule has 2 rings (SSSR count). The van der Waals surface area contributed by atoms with Crippen molar-refractivity contribution in [3.8, 4) is 0 Å². The summed E-state index contributed by atoms with van der Waals surface area (Å²) in [6.07, 6.45) is 0. The van der Waals surface area contributed by atoms with Gasteiger partial charge in [0.05, 0.1) is 10.6 Å². The van der Waals surface area contributed by atoms with Crippen LogP contribution in [0.3, 0.4) is 0 Å². The predicted octanol–water partition coefficient (Wildman–Crippen LogP) is 3.38. The highest BCUT2D eigenvalue weighted by Crippen LogP contribution is 2.30. The van der Waals surface area contributed by atoms with Crippen molar-refractivity contribution in [2.24, 2.45) is 0 Å². The molecule has 0 aliphatic carbocycles. The minimum absolute atomic E-state index is 0.0914. The maximum Gasteiger partial charge on any atom is 0.254 e. The molecule has 0 bridgehead atoms. The van der Waals surface area contributed by atoms with Gasteiger partial charge in [0.1, 0.15) is 0 Å². The van der Waals surface area contributed by atoms with E-state index in [-0.39, 0.29) is 5.91 Å². The monoisotopic (exact) mass is 274 g/mol. The predicted molar refractivity (Wildman–Crippen MR) is 80.4 cm³/mol. The first kappa shape index (κ1) is 13.6. The van der Waals surface area contributed by atoms with Crippen LogP contribution in [0.25, 0.3) is 0 Å². The molecule has 0 radical (unpaired) electrons. The molecule has 1 aromatic carbocycles. The van der Waals surface area contributed by atoms with Gasteiger partial charge in [-0.2, -0.15) is 0 Å². The molecule has 0 spiro atoms. The average molecular weight is 274 g/mol. The molecule has 0 saturated carbocycles. The number of nitrogens with one attached hydrogen (secondary N) is 1. The van der Waals surface area contributed by atoms with E-state index in [1.54, 1.807) is 0 Å². The third kappa shape index (κ3) is 3.15. The van der Waals surface area contributed by atoms with Gasteiger partial charge in [-0.1, -0.05) is 44.2 Å². The fourth-order valence-corrected chi connectivity index (χ4v) is 2.89. The molecule has 1 amide bonds. The first-order valence-electron chi connectivity index (χ1n) is 6.28. The number of nitrogen functional groups attached to an aromatic ring is 1. The fraction of sp³-hybridized carbons (Fsp3) is 0.267. The molecule has 1 heterocycles. The molecule has 2 aromatic rings. The second-order valence-electron chi connectivity index (χ2n) is 4.75. The number of thiophene rings is 1. The van der Waals surface area contributed by atoms with Crippen LogP contribution >= 0.6 is 11.3 Å². The molecule has 4 heteroatoms. The van der Waals surface area contributed by atoms with Crippen molar-refractivity contribution < 1.29 is 4.79 Å². The molecule has 1 aromatic heterocycles. The number of carbonyl (C=O) groups is 1. The maximum absolute atomic E-state index is 12.2. The Morgan fingerprint density at radius 1 is 1.32 bits per heavy atom. The van der Waals surface area contributed by atoms with Gasteiger partial charge in [0.2, 0.25) is 0 Å². The van der Waals surface area contributed by atoms with Crippen molar-refractivity contribution in [3.05, 3.63) is 52.4 Å². The van der Waals surface area contributed by atoms with E-state index >= 15 is 0 Å². The van der Waals surface area contributed by atoms with Crippen LogP contribution in [0, 0.1) is 0 Å². The van der Waals surface area contributed by atoms with Gasteiger partial charge in [-0.3, -0.25) is 4.79 Å². The van der Waals surface area contributed by atoms with Crippen molar-refractivity contribution >= 4 is 22.2 Å². The molecule has 100 valence electrons. The van der Waals surface area contributed by atoms with E-state index in [9.17, 15) is 4.79 Å². The molecule has 0 fully saturated rings. The maximum atomic E-state index is 12.2. The van der Waals surface area contributed by atoms with Crippen molar-refractivity contribution in [2.45, 2.75) is 26.3 Å². The average Bonchev–Trinajstić information content (AvgIpc) is 2.79. The largest absolute Gasteiger partial charge is 0.390 e. The van der Waals surface area contributed by atoms with Gasteiger partial charge in [-0.15, -0.1) is 11.3 Å². The van der Waals surface area contributed by atoms with Gasteiger partial charge >= 0.3 is 0 Å². The summed E-state index contributed by atoms with van der Waals surface area (Å²) in [4.78, 5) is 12.2. The van der Waals surface area contributed by atoms with E-state index in [1.807, 2.05) is 35.7 Å². The Morgan fingerprint density at radius 3 is 2.63 bits per heavy atom. The SMILES string of the molecule is CC(C)c1csc(N)c1C(=O)NCc1ccccc1. The van der Waals surface area contributed by atoms with Crippen LogP contribution in [0.2, 0.25) is 0 Å². The summed E-state index contributed by atoms with van der Waals surface area (Å²) in [5.74, 6) is 0.206. The Balaban J connectivity index is 2.10. The second-order valence-corrected chi connectivity index (χ2v) is 5.66. The van der Waals surface area contributed by atoms with Crippen LogP contribution in [-0.4, -0.2) is 5.91 Å². The van der Waals surface area contributed by atoms with Gasteiger partial charge in [-0.05, 0) is 22.4 Å². The summed E-state index contributed by atoms with van der Waals surface area (Å²) >= 11 is 1.43. The molecule has 3 N–H and O–H groups in total. The molecule has 19 heavy (non-hydrogen) atoms. The molecule has 0 unspecified atom stereocenters. The number of rotatable bonds is 4. The zero-order valence-corrected chi connectivity index (χ0v) is 12.0. The summed E-state index contributed by atoms with van der Waals surface area (Å²) < 4.78 is 0. The van der Waals surface area contributed by atoms with E-state index in [0.29, 0.717) is 23.0 Å². The van der Waals surface area contributed by atoms with E-state index in [4.69, 9.17) is 5.73 Å². The van der Waals surface area contributed by atoms with Crippen LogP contribution in [0.1, 0.15) is 41.3 Å². The smallest absolute Gasteiger partial charge is 0.254 e. The topological polar surface area (TPSA) is 55.1 Å². The number of hydrogen-bond donors (Lipinski definition) is 2. The lowest BCUT2D eigenvalue weighted by Crippen LogP contribution is -2.24. The van der Waals surface area contributed by atoms with E-state index in [0.717, 1.165) is 11.1 Å². The first-order chi connectivity index (χ1) is 9.09. The number of hydrogen-bond acceptors (Lipinski definition) is 3. The van der Waals surface area contributed by atoms with Crippen LogP contribution in [-0.2, 0) is 6.54 Å². The Hall–Kier alpha value is -1.81. The molecular weight excluding hydrogens is 256 g/mol. The zero-order chi connectivity index (χ0) is 13.8. The van der Waals surface area contributed by atoms with Gasteiger partial charge in [0.25, 0.3) is 5.91 Å². The Bertz CT molecular complexity index is 561. The second kappa shape index (κ2) is 5.89. The third-order valence-electron chi connectivity index (χ3n) is 2.99. The van der Waals surface area contributed by atoms with Gasteiger partial charge in [0, 0.05) is 6.54 Å². The van der Waals surface area contributed by atoms with Crippen molar-refractivity contribution in [1.82, 2.24) is 5.32 Å². The van der Waals surface area contributed by atoms with Gasteiger partial charge in [0.15, 0.2) is 0 Å². The van der Waals surface area contributed by atoms with E-state index in [2.05, 4.69) is 19.2 Å². The Kier molecular flexibility index (Phi) is 4.22. The lowest BCUT2D eigenvalue weighted by atomic mass is 10.0. The number of benzene rings is 1. The minimum Gasteiger partial charge on any atom is -0.390 e. The third-order valence-corrected chi connectivity index (χ3v) is 3.82. The van der Waals surface area contributed by atoms with Crippen LogP contribution in [0.5, 0.6) is 0 Å². The molecule has 3 nitrogen and oxygen atoms in total. The van der Waals surface area contributed by atoms with Gasteiger partial charge < -0.3 is 11.1 Å². The highest BCUT2D eigenvalue weighted by atomic mass is 32.1. The molecule has 0 aliphatic rings. The number of anilines is 1. The highest BCUT2D eigenvalue weighted by Gasteiger charge is 2.18. The Morgan fingerprint density at radius 2 is 2.00 bits per heavy atom. The minimum atomic E-state index is -0.0914.